The van der Waals surface area contributed by atoms with E-state index in [1.165, 1.54) is 6.07 Å². The second-order valence-corrected chi connectivity index (χ2v) is 6.78. The molecule has 0 heterocycles. The average Bonchev–Trinajstić information content (AvgIpc) is 2.37. The van der Waals surface area contributed by atoms with Gasteiger partial charge in [-0.15, -0.1) is 0 Å². The molecule has 0 saturated heterocycles. The maximum Gasteiger partial charge on any atom is 0.416 e. The Labute approximate surface area is 123 Å². The summed E-state index contributed by atoms with van der Waals surface area (Å²) in [5.74, 6) is 0.0809. The van der Waals surface area contributed by atoms with E-state index in [4.69, 9.17) is 0 Å². The molecule has 2 rings (SSSR count). The van der Waals surface area contributed by atoms with Gasteiger partial charge in [0.05, 0.1) is 5.56 Å². The highest BCUT2D eigenvalue weighted by atomic mass is 19.4. The minimum Gasteiger partial charge on any atom is -0.299 e. The van der Waals surface area contributed by atoms with Gasteiger partial charge < -0.3 is 0 Å². The molecule has 0 aromatic heterocycles. The zero-order valence-corrected chi connectivity index (χ0v) is 12.5. The van der Waals surface area contributed by atoms with Gasteiger partial charge in [0.15, 0.2) is 0 Å². The summed E-state index contributed by atoms with van der Waals surface area (Å²) in [5, 5.41) is 0. The van der Waals surface area contributed by atoms with Crippen molar-refractivity contribution < 1.29 is 18.0 Å². The monoisotopic (exact) mass is 298 g/mol. The van der Waals surface area contributed by atoms with Crippen LogP contribution in [0.4, 0.5) is 13.2 Å². The lowest BCUT2D eigenvalue weighted by Crippen LogP contribution is -2.27. The van der Waals surface area contributed by atoms with Crippen LogP contribution in [0.3, 0.4) is 0 Å². The predicted molar refractivity (Wildman–Crippen MR) is 75.9 cm³/mol. The third kappa shape index (κ3) is 4.32. The van der Waals surface area contributed by atoms with Crippen LogP contribution in [0.1, 0.15) is 50.7 Å². The molecule has 0 aliphatic heterocycles. The number of halogens is 3. The lowest BCUT2D eigenvalue weighted by atomic mass is 9.71. The van der Waals surface area contributed by atoms with Crippen LogP contribution in [-0.4, -0.2) is 5.78 Å². The van der Waals surface area contributed by atoms with Crippen LogP contribution in [0.25, 0.3) is 0 Å². The minimum absolute atomic E-state index is 0.00701. The molecule has 116 valence electrons. The first-order valence-corrected chi connectivity index (χ1v) is 7.36. The molecule has 0 amide bonds. The molecule has 1 aromatic carbocycles. The fourth-order valence-electron chi connectivity index (χ4n) is 2.92. The largest absolute Gasteiger partial charge is 0.416 e. The van der Waals surface area contributed by atoms with Gasteiger partial charge in [0.25, 0.3) is 0 Å². The Morgan fingerprint density at radius 2 is 1.86 bits per heavy atom. The van der Waals surface area contributed by atoms with Crippen LogP contribution in [-0.2, 0) is 17.4 Å². The van der Waals surface area contributed by atoms with E-state index >= 15 is 0 Å². The quantitative estimate of drug-likeness (QED) is 0.764. The maximum atomic E-state index is 12.7. The van der Waals surface area contributed by atoms with Crippen LogP contribution < -0.4 is 0 Å². The van der Waals surface area contributed by atoms with Crippen molar-refractivity contribution in [1.82, 2.24) is 0 Å². The summed E-state index contributed by atoms with van der Waals surface area (Å²) < 4.78 is 38.0. The van der Waals surface area contributed by atoms with Crippen molar-refractivity contribution in [1.29, 1.82) is 0 Å². The van der Waals surface area contributed by atoms with Crippen LogP contribution in [0.15, 0.2) is 24.3 Å². The first-order chi connectivity index (χ1) is 9.67. The maximum absolute atomic E-state index is 12.7. The lowest BCUT2D eigenvalue weighted by Gasteiger charge is -2.33. The highest BCUT2D eigenvalue weighted by molar-refractivity contribution is 5.83. The molecule has 0 radical (unpaired) electrons. The van der Waals surface area contributed by atoms with E-state index in [-0.39, 0.29) is 23.5 Å². The molecular formula is C17H21F3O. The second kappa shape index (κ2) is 5.82. The average molecular weight is 298 g/mol. The Balaban J connectivity index is 2.00. The Kier molecular flexibility index (Phi) is 4.45. The SMILES string of the molecule is CC1(C)CCC(C(=O)Cc2cccc(C(F)(F)F)c2)CC1. The number of rotatable bonds is 3. The number of carbonyl (C=O) groups excluding carboxylic acids is 1. The van der Waals surface area contributed by atoms with Gasteiger partial charge in [-0.2, -0.15) is 13.2 Å². The van der Waals surface area contributed by atoms with Gasteiger partial charge in [-0.05, 0) is 42.7 Å². The third-order valence-electron chi connectivity index (χ3n) is 4.43. The third-order valence-corrected chi connectivity index (χ3v) is 4.43. The summed E-state index contributed by atoms with van der Waals surface area (Å²) in [6.07, 6.45) is -0.531. The molecule has 1 saturated carbocycles. The van der Waals surface area contributed by atoms with Gasteiger partial charge in [0.2, 0.25) is 0 Å². The first-order valence-electron chi connectivity index (χ1n) is 7.36. The van der Waals surface area contributed by atoms with E-state index < -0.39 is 11.7 Å². The number of hydrogen-bond acceptors (Lipinski definition) is 1. The van der Waals surface area contributed by atoms with Crippen molar-refractivity contribution >= 4 is 5.78 Å². The molecule has 0 atom stereocenters. The summed E-state index contributed by atoms with van der Waals surface area (Å²) in [6.45, 7) is 4.39. The van der Waals surface area contributed by atoms with E-state index in [1.807, 2.05) is 0 Å². The summed E-state index contributed by atoms with van der Waals surface area (Å²) in [6, 6.07) is 5.09. The highest BCUT2D eigenvalue weighted by Gasteiger charge is 2.32. The normalized spacial score (nSPS) is 19.5. The summed E-state index contributed by atoms with van der Waals surface area (Å²) in [7, 11) is 0. The van der Waals surface area contributed by atoms with Crippen LogP contribution >= 0.6 is 0 Å². The van der Waals surface area contributed by atoms with E-state index in [9.17, 15) is 18.0 Å². The van der Waals surface area contributed by atoms with Crippen molar-refractivity contribution in [2.24, 2.45) is 11.3 Å². The fourth-order valence-corrected chi connectivity index (χ4v) is 2.92. The van der Waals surface area contributed by atoms with Crippen LogP contribution in [0.5, 0.6) is 0 Å². The van der Waals surface area contributed by atoms with Gasteiger partial charge >= 0.3 is 6.18 Å². The summed E-state index contributed by atoms with van der Waals surface area (Å²) >= 11 is 0. The van der Waals surface area contributed by atoms with Crippen molar-refractivity contribution in [2.45, 2.75) is 52.1 Å². The van der Waals surface area contributed by atoms with Gasteiger partial charge in [-0.1, -0.05) is 32.0 Å². The topological polar surface area (TPSA) is 17.1 Å². The second-order valence-electron chi connectivity index (χ2n) is 6.78. The number of alkyl halides is 3. The molecule has 21 heavy (non-hydrogen) atoms. The molecule has 0 spiro atoms. The minimum atomic E-state index is -4.35. The standard InChI is InChI=1S/C17H21F3O/c1-16(2)8-6-13(7-9-16)15(21)11-12-4-3-5-14(10-12)17(18,19)20/h3-5,10,13H,6-9,11H2,1-2H3. The van der Waals surface area contributed by atoms with E-state index in [0.29, 0.717) is 5.56 Å². The molecule has 1 fully saturated rings. The fraction of sp³-hybridized carbons (Fsp3) is 0.588. The van der Waals surface area contributed by atoms with Crippen LogP contribution in [0, 0.1) is 11.3 Å². The van der Waals surface area contributed by atoms with Gasteiger partial charge in [-0.25, -0.2) is 0 Å². The van der Waals surface area contributed by atoms with Crippen molar-refractivity contribution in [3.63, 3.8) is 0 Å². The molecule has 4 heteroatoms. The van der Waals surface area contributed by atoms with E-state index in [1.54, 1.807) is 6.07 Å². The van der Waals surface area contributed by atoms with Gasteiger partial charge in [-0.3, -0.25) is 4.79 Å². The molecule has 1 aliphatic carbocycles. The number of hydrogen-bond donors (Lipinski definition) is 0. The molecular weight excluding hydrogens is 277 g/mol. The zero-order chi connectivity index (χ0) is 15.7. The zero-order valence-electron chi connectivity index (χ0n) is 12.5. The summed E-state index contributed by atoms with van der Waals surface area (Å²) in [5.41, 5.74) is 0.0599. The van der Waals surface area contributed by atoms with E-state index in [2.05, 4.69) is 13.8 Å². The summed E-state index contributed by atoms with van der Waals surface area (Å²) in [4.78, 5) is 12.3. The van der Waals surface area contributed by atoms with Gasteiger partial charge in [0.1, 0.15) is 5.78 Å². The number of carbonyl (C=O) groups is 1. The lowest BCUT2D eigenvalue weighted by molar-refractivity contribution is -0.137. The Morgan fingerprint density at radius 3 is 2.43 bits per heavy atom. The number of benzene rings is 1. The smallest absolute Gasteiger partial charge is 0.299 e. The Morgan fingerprint density at radius 1 is 1.24 bits per heavy atom. The predicted octanol–water partition coefficient (Wildman–Crippen LogP) is 5.03. The van der Waals surface area contributed by atoms with Crippen molar-refractivity contribution in [3.05, 3.63) is 35.4 Å². The molecule has 1 aliphatic rings. The van der Waals surface area contributed by atoms with Crippen molar-refractivity contribution in [2.75, 3.05) is 0 Å². The van der Waals surface area contributed by atoms with Crippen LogP contribution in [0.2, 0.25) is 0 Å². The number of ketones is 1. The Hall–Kier alpha value is -1.32. The molecule has 1 nitrogen and oxygen atoms in total. The number of Topliss-reactive ketones (excluding diaryl/α,β-unsaturated/α-hetero) is 1. The molecule has 0 bridgehead atoms. The highest BCUT2D eigenvalue weighted by Crippen LogP contribution is 2.38. The van der Waals surface area contributed by atoms with Gasteiger partial charge in [0, 0.05) is 12.3 Å². The first kappa shape index (κ1) is 16.1. The molecule has 0 N–H and O–H groups in total. The van der Waals surface area contributed by atoms with Crippen molar-refractivity contribution in [3.8, 4) is 0 Å². The van der Waals surface area contributed by atoms with E-state index in [0.717, 1.165) is 37.8 Å². The molecule has 0 unspecified atom stereocenters. The Bertz CT molecular complexity index is 507. The molecule has 1 aromatic rings.